The highest BCUT2D eigenvalue weighted by molar-refractivity contribution is 5.91. The van der Waals surface area contributed by atoms with Crippen LogP contribution >= 0.6 is 0 Å². The molecule has 0 spiro atoms. The summed E-state index contributed by atoms with van der Waals surface area (Å²) in [4.78, 5) is 14.2. The molecule has 1 unspecified atom stereocenters. The van der Waals surface area contributed by atoms with Crippen LogP contribution in [0.4, 0.5) is 10.5 Å². The summed E-state index contributed by atoms with van der Waals surface area (Å²) in [6, 6.07) is 28.1. The largest absolute Gasteiger partial charge is 0.436 e. The van der Waals surface area contributed by atoms with Crippen molar-refractivity contribution in [2.45, 2.75) is 12.5 Å². The number of nitrogens with zero attached hydrogens (tertiary/aromatic N) is 1. The van der Waals surface area contributed by atoms with Crippen LogP contribution in [0.5, 0.6) is 0 Å². The van der Waals surface area contributed by atoms with E-state index in [0.29, 0.717) is 6.54 Å². The average molecular weight is 329 g/mol. The number of cyclic esters (lactones) is 1. The molecule has 1 heterocycles. The monoisotopic (exact) mass is 329 g/mol. The Morgan fingerprint density at radius 3 is 2.20 bits per heavy atom. The molecule has 3 heteroatoms. The van der Waals surface area contributed by atoms with Gasteiger partial charge in [0.2, 0.25) is 0 Å². The summed E-state index contributed by atoms with van der Waals surface area (Å²) in [6.07, 6.45) is -0.309. The summed E-state index contributed by atoms with van der Waals surface area (Å²) in [5.74, 6) is 0. The molecule has 1 aliphatic heterocycles. The highest BCUT2D eigenvalue weighted by atomic mass is 16.6. The van der Waals surface area contributed by atoms with E-state index in [-0.39, 0.29) is 6.09 Å². The van der Waals surface area contributed by atoms with Crippen molar-refractivity contribution in [3.8, 4) is 11.1 Å². The average Bonchev–Trinajstić information content (AvgIpc) is 2.99. The number of hydrogen-bond acceptors (Lipinski definition) is 2. The van der Waals surface area contributed by atoms with Crippen molar-refractivity contribution in [2.24, 2.45) is 0 Å². The van der Waals surface area contributed by atoms with Crippen LogP contribution in [0.3, 0.4) is 0 Å². The van der Waals surface area contributed by atoms with Crippen LogP contribution in [0, 0.1) is 0 Å². The molecule has 0 bridgehead atoms. The van der Waals surface area contributed by atoms with Gasteiger partial charge in [0.25, 0.3) is 0 Å². The molecule has 3 aromatic carbocycles. The maximum absolute atomic E-state index is 12.5. The van der Waals surface area contributed by atoms with Gasteiger partial charge in [-0.25, -0.2) is 4.79 Å². The number of rotatable bonds is 3. The van der Waals surface area contributed by atoms with Gasteiger partial charge in [-0.15, -0.1) is 0 Å². The third kappa shape index (κ3) is 2.89. The highest BCUT2D eigenvalue weighted by Crippen LogP contribution is 2.36. The van der Waals surface area contributed by atoms with Gasteiger partial charge in [0, 0.05) is 5.69 Å². The zero-order valence-electron chi connectivity index (χ0n) is 14.1. The standard InChI is InChI=1S/C22H19NO2/c1-22(19-12-6-3-7-13-19)16-23(21(24)25-22)20-14-8-11-18(15-20)17-9-4-2-5-10-17/h2-15H,16H2,1H3. The fraction of sp³-hybridized carbons (Fsp3) is 0.136. The third-order valence-electron chi connectivity index (χ3n) is 4.64. The Kier molecular flexibility index (Phi) is 3.77. The lowest BCUT2D eigenvalue weighted by atomic mass is 9.96. The molecule has 1 amide bonds. The summed E-state index contributed by atoms with van der Waals surface area (Å²) >= 11 is 0. The number of anilines is 1. The summed E-state index contributed by atoms with van der Waals surface area (Å²) in [5, 5.41) is 0. The van der Waals surface area contributed by atoms with E-state index >= 15 is 0 Å². The summed E-state index contributed by atoms with van der Waals surface area (Å²) in [6.45, 7) is 2.45. The van der Waals surface area contributed by atoms with Crippen LogP contribution in [0.15, 0.2) is 84.9 Å². The number of carbonyl (C=O) groups is 1. The fourth-order valence-electron chi connectivity index (χ4n) is 3.27. The molecule has 0 N–H and O–H groups in total. The second-order valence-corrected chi connectivity index (χ2v) is 6.47. The van der Waals surface area contributed by atoms with Crippen LogP contribution in [0.25, 0.3) is 11.1 Å². The lowest BCUT2D eigenvalue weighted by Gasteiger charge is -2.22. The number of ether oxygens (including phenoxy) is 1. The predicted octanol–water partition coefficient (Wildman–Crippen LogP) is 5.23. The van der Waals surface area contributed by atoms with Crippen molar-refractivity contribution >= 4 is 11.8 Å². The molecule has 1 fully saturated rings. The fourth-order valence-corrected chi connectivity index (χ4v) is 3.27. The zero-order chi connectivity index (χ0) is 17.3. The van der Waals surface area contributed by atoms with Crippen LogP contribution in [0.1, 0.15) is 12.5 Å². The van der Waals surface area contributed by atoms with Crippen molar-refractivity contribution in [3.63, 3.8) is 0 Å². The topological polar surface area (TPSA) is 29.5 Å². The van der Waals surface area contributed by atoms with E-state index in [4.69, 9.17) is 4.74 Å². The van der Waals surface area contributed by atoms with Crippen LogP contribution in [-0.4, -0.2) is 12.6 Å². The first-order chi connectivity index (χ1) is 12.2. The van der Waals surface area contributed by atoms with Crippen molar-refractivity contribution < 1.29 is 9.53 Å². The van der Waals surface area contributed by atoms with E-state index in [9.17, 15) is 4.79 Å². The van der Waals surface area contributed by atoms with Gasteiger partial charge in [-0.3, -0.25) is 4.90 Å². The molecule has 124 valence electrons. The van der Waals surface area contributed by atoms with Gasteiger partial charge in [-0.05, 0) is 35.7 Å². The first-order valence-corrected chi connectivity index (χ1v) is 8.37. The zero-order valence-corrected chi connectivity index (χ0v) is 14.1. The van der Waals surface area contributed by atoms with E-state index in [1.807, 2.05) is 73.7 Å². The lowest BCUT2D eigenvalue weighted by molar-refractivity contribution is 0.0705. The molecule has 4 rings (SSSR count). The Balaban J connectivity index is 1.66. The van der Waals surface area contributed by atoms with Crippen LogP contribution < -0.4 is 4.90 Å². The third-order valence-corrected chi connectivity index (χ3v) is 4.64. The Labute approximate surface area is 147 Å². The Morgan fingerprint density at radius 2 is 1.48 bits per heavy atom. The van der Waals surface area contributed by atoms with Crippen LogP contribution in [-0.2, 0) is 10.3 Å². The van der Waals surface area contributed by atoms with Crippen molar-refractivity contribution in [3.05, 3.63) is 90.5 Å². The Morgan fingerprint density at radius 1 is 0.840 bits per heavy atom. The maximum atomic E-state index is 12.5. The maximum Gasteiger partial charge on any atom is 0.415 e. The molecule has 0 radical (unpaired) electrons. The second kappa shape index (κ2) is 6.10. The molecule has 1 atom stereocenters. The molecule has 1 aliphatic rings. The van der Waals surface area contributed by atoms with E-state index in [1.165, 1.54) is 0 Å². The molecule has 0 saturated carbocycles. The van der Waals surface area contributed by atoms with Crippen molar-refractivity contribution in [1.82, 2.24) is 0 Å². The molecular formula is C22H19NO2. The van der Waals surface area contributed by atoms with Crippen molar-refractivity contribution in [2.75, 3.05) is 11.4 Å². The second-order valence-electron chi connectivity index (χ2n) is 6.47. The van der Waals surface area contributed by atoms with E-state index in [0.717, 1.165) is 22.4 Å². The molecule has 25 heavy (non-hydrogen) atoms. The first kappa shape index (κ1) is 15.5. The van der Waals surface area contributed by atoms with Gasteiger partial charge in [0.15, 0.2) is 5.60 Å². The molecule has 3 aromatic rings. The van der Waals surface area contributed by atoms with E-state index in [1.54, 1.807) is 4.90 Å². The number of amides is 1. The van der Waals surface area contributed by atoms with Crippen molar-refractivity contribution in [1.29, 1.82) is 0 Å². The first-order valence-electron chi connectivity index (χ1n) is 8.37. The summed E-state index contributed by atoms with van der Waals surface area (Å²) < 4.78 is 5.73. The van der Waals surface area contributed by atoms with E-state index < -0.39 is 5.60 Å². The molecule has 1 saturated heterocycles. The molecule has 0 aliphatic carbocycles. The lowest BCUT2D eigenvalue weighted by Crippen LogP contribution is -2.29. The minimum Gasteiger partial charge on any atom is -0.436 e. The van der Waals surface area contributed by atoms with Gasteiger partial charge in [0.05, 0.1) is 6.54 Å². The number of benzene rings is 3. The SMILES string of the molecule is CC1(c2ccccc2)CN(c2cccc(-c3ccccc3)c2)C(=O)O1. The predicted molar refractivity (Wildman–Crippen MR) is 99.5 cm³/mol. The quantitative estimate of drug-likeness (QED) is 0.659. The number of hydrogen-bond donors (Lipinski definition) is 0. The highest BCUT2D eigenvalue weighted by Gasteiger charge is 2.43. The summed E-state index contributed by atoms with van der Waals surface area (Å²) in [5.41, 5.74) is 3.43. The van der Waals surface area contributed by atoms with Gasteiger partial charge in [-0.1, -0.05) is 72.8 Å². The van der Waals surface area contributed by atoms with Gasteiger partial charge >= 0.3 is 6.09 Å². The van der Waals surface area contributed by atoms with Gasteiger partial charge in [-0.2, -0.15) is 0 Å². The number of carbonyl (C=O) groups excluding carboxylic acids is 1. The molecule has 3 nitrogen and oxygen atoms in total. The van der Waals surface area contributed by atoms with Gasteiger partial charge < -0.3 is 4.74 Å². The normalized spacial score (nSPS) is 19.7. The summed E-state index contributed by atoms with van der Waals surface area (Å²) in [7, 11) is 0. The van der Waals surface area contributed by atoms with Crippen LogP contribution in [0.2, 0.25) is 0 Å². The smallest absolute Gasteiger partial charge is 0.415 e. The van der Waals surface area contributed by atoms with E-state index in [2.05, 4.69) is 18.2 Å². The Bertz CT molecular complexity index is 892. The minimum absolute atomic E-state index is 0.309. The Hall–Kier alpha value is -3.07. The minimum atomic E-state index is -0.638. The molecule has 0 aromatic heterocycles. The molecular weight excluding hydrogens is 310 g/mol. The van der Waals surface area contributed by atoms with Gasteiger partial charge in [0.1, 0.15) is 0 Å².